The molecule has 0 bridgehead atoms. The molecule has 1 saturated heterocycles. The molecule has 2 fully saturated rings. The Kier molecular flexibility index (Phi) is 6.76. The summed E-state index contributed by atoms with van der Waals surface area (Å²) in [6.45, 7) is 5.44. The quantitative estimate of drug-likeness (QED) is 0.735. The number of thiocarbonyl (C=S) groups is 1. The summed E-state index contributed by atoms with van der Waals surface area (Å²) in [5.41, 5.74) is 1.74. The number of benzene rings is 1. The molecule has 3 rings (SSSR count). The van der Waals surface area contributed by atoms with Gasteiger partial charge in [-0.15, -0.1) is 0 Å². The summed E-state index contributed by atoms with van der Waals surface area (Å²) in [5, 5.41) is 7.23. The number of nitrogens with one attached hydrogen (secondary N) is 2. The van der Waals surface area contributed by atoms with Crippen LogP contribution in [-0.4, -0.2) is 37.0 Å². The third-order valence-corrected chi connectivity index (χ3v) is 7.95. The highest BCUT2D eigenvalue weighted by molar-refractivity contribution is 7.89. The Morgan fingerprint density at radius 2 is 1.81 bits per heavy atom. The van der Waals surface area contributed by atoms with Crippen molar-refractivity contribution in [3.05, 3.63) is 23.8 Å². The first-order valence-electron chi connectivity index (χ1n) is 10.1. The SMILES string of the molecule is Cc1ccc(S(=O)(=O)N2CCCCC2)cc1NC(=S)N[C@H]1CCCC[C@H]1C. The summed E-state index contributed by atoms with van der Waals surface area (Å²) in [4.78, 5) is 0.339. The van der Waals surface area contributed by atoms with Crippen molar-refractivity contribution in [3.8, 4) is 0 Å². The number of nitrogens with zero attached hydrogens (tertiary/aromatic N) is 1. The fraction of sp³-hybridized carbons (Fsp3) is 0.650. The molecule has 0 aromatic heterocycles. The Morgan fingerprint density at radius 1 is 1.11 bits per heavy atom. The van der Waals surface area contributed by atoms with Crippen molar-refractivity contribution in [2.75, 3.05) is 18.4 Å². The zero-order valence-corrected chi connectivity index (χ0v) is 18.0. The molecule has 27 heavy (non-hydrogen) atoms. The average Bonchev–Trinajstić information content (AvgIpc) is 2.66. The summed E-state index contributed by atoms with van der Waals surface area (Å²) < 4.78 is 27.5. The second kappa shape index (κ2) is 8.88. The molecule has 0 unspecified atom stereocenters. The third-order valence-electron chi connectivity index (χ3n) is 5.84. The number of sulfonamides is 1. The van der Waals surface area contributed by atoms with E-state index in [4.69, 9.17) is 12.2 Å². The number of aryl methyl sites for hydroxylation is 1. The smallest absolute Gasteiger partial charge is 0.243 e. The minimum absolute atomic E-state index is 0.339. The summed E-state index contributed by atoms with van der Waals surface area (Å²) in [7, 11) is -3.44. The summed E-state index contributed by atoms with van der Waals surface area (Å²) in [6, 6.07) is 5.66. The van der Waals surface area contributed by atoms with Gasteiger partial charge in [-0.05, 0) is 68.4 Å². The number of rotatable bonds is 4. The van der Waals surface area contributed by atoms with Crippen LogP contribution in [0.25, 0.3) is 0 Å². The zero-order valence-electron chi connectivity index (χ0n) is 16.3. The van der Waals surface area contributed by atoms with Crippen molar-refractivity contribution in [1.82, 2.24) is 9.62 Å². The molecule has 150 valence electrons. The Balaban J connectivity index is 1.72. The number of piperidine rings is 1. The van der Waals surface area contributed by atoms with Gasteiger partial charge in [-0.25, -0.2) is 8.42 Å². The van der Waals surface area contributed by atoms with E-state index in [0.717, 1.165) is 36.9 Å². The molecule has 0 spiro atoms. The summed E-state index contributed by atoms with van der Waals surface area (Å²) in [5.74, 6) is 0.602. The van der Waals surface area contributed by atoms with Gasteiger partial charge in [-0.3, -0.25) is 0 Å². The van der Waals surface area contributed by atoms with Crippen LogP contribution in [0, 0.1) is 12.8 Å². The zero-order chi connectivity index (χ0) is 19.4. The van der Waals surface area contributed by atoms with Crippen LogP contribution < -0.4 is 10.6 Å². The number of hydrogen-bond donors (Lipinski definition) is 2. The van der Waals surface area contributed by atoms with Crippen molar-refractivity contribution >= 4 is 33.0 Å². The number of anilines is 1. The fourth-order valence-corrected chi connectivity index (χ4v) is 5.81. The molecule has 2 aliphatic rings. The van der Waals surface area contributed by atoms with Crippen molar-refractivity contribution in [2.24, 2.45) is 5.92 Å². The lowest BCUT2D eigenvalue weighted by molar-refractivity contribution is 0.309. The van der Waals surface area contributed by atoms with Crippen LogP contribution in [-0.2, 0) is 10.0 Å². The molecule has 1 aromatic rings. The molecule has 7 heteroatoms. The van der Waals surface area contributed by atoms with Gasteiger partial charge in [-0.1, -0.05) is 32.3 Å². The first-order chi connectivity index (χ1) is 12.9. The monoisotopic (exact) mass is 409 g/mol. The molecule has 1 aliphatic carbocycles. The van der Waals surface area contributed by atoms with Crippen LogP contribution in [0.3, 0.4) is 0 Å². The molecule has 0 radical (unpaired) electrons. The fourth-order valence-electron chi connectivity index (χ4n) is 4.01. The van der Waals surface area contributed by atoms with Crippen molar-refractivity contribution in [3.63, 3.8) is 0 Å². The predicted molar refractivity (Wildman–Crippen MR) is 115 cm³/mol. The van der Waals surface area contributed by atoms with Crippen LogP contribution in [0.15, 0.2) is 23.1 Å². The van der Waals surface area contributed by atoms with E-state index in [-0.39, 0.29) is 0 Å². The first kappa shape index (κ1) is 20.6. The molecular weight excluding hydrogens is 378 g/mol. The van der Waals surface area contributed by atoms with Gasteiger partial charge in [0.05, 0.1) is 4.90 Å². The second-order valence-electron chi connectivity index (χ2n) is 7.91. The Hall–Kier alpha value is -1.18. The molecule has 2 atom stereocenters. The van der Waals surface area contributed by atoms with Crippen molar-refractivity contribution in [1.29, 1.82) is 0 Å². The van der Waals surface area contributed by atoms with Crippen LogP contribution >= 0.6 is 12.2 Å². The van der Waals surface area contributed by atoms with Gasteiger partial charge < -0.3 is 10.6 Å². The Labute approximate surface area is 169 Å². The van der Waals surface area contributed by atoms with E-state index in [9.17, 15) is 8.42 Å². The van der Waals surface area contributed by atoms with Gasteiger partial charge in [0.1, 0.15) is 0 Å². The summed E-state index contributed by atoms with van der Waals surface area (Å²) in [6.07, 6.45) is 7.84. The third kappa shape index (κ3) is 5.00. The van der Waals surface area contributed by atoms with E-state index in [1.807, 2.05) is 13.0 Å². The van der Waals surface area contributed by atoms with E-state index in [2.05, 4.69) is 17.6 Å². The van der Waals surface area contributed by atoms with E-state index in [1.165, 1.54) is 19.3 Å². The largest absolute Gasteiger partial charge is 0.359 e. The molecular formula is C20H31N3O2S2. The lowest BCUT2D eigenvalue weighted by Gasteiger charge is -2.30. The van der Waals surface area contributed by atoms with Crippen molar-refractivity contribution in [2.45, 2.75) is 69.7 Å². The maximum atomic E-state index is 12.9. The maximum Gasteiger partial charge on any atom is 0.243 e. The molecule has 5 nitrogen and oxygen atoms in total. The Bertz CT molecular complexity index is 773. The highest BCUT2D eigenvalue weighted by Crippen LogP contribution is 2.26. The molecule has 1 aliphatic heterocycles. The normalized spacial score (nSPS) is 24.4. The van der Waals surface area contributed by atoms with E-state index in [1.54, 1.807) is 16.4 Å². The lowest BCUT2D eigenvalue weighted by atomic mass is 9.86. The van der Waals surface area contributed by atoms with Crippen molar-refractivity contribution < 1.29 is 8.42 Å². The highest BCUT2D eigenvalue weighted by atomic mass is 32.2. The lowest BCUT2D eigenvalue weighted by Crippen LogP contribution is -2.43. The minimum atomic E-state index is -3.44. The first-order valence-corrected chi connectivity index (χ1v) is 11.9. The molecule has 2 N–H and O–H groups in total. The van der Waals surface area contributed by atoms with Crippen LogP contribution in [0.2, 0.25) is 0 Å². The highest BCUT2D eigenvalue weighted by Gasteiger charge is 2.27. The van der Waals surface area contributed by atoms with Gasteiger partial charge in [0.25, 0.3) is 0 Å². The van der Waals surface area contributed by atoms with E-state index < -0.39 is 10.0 Å². The van der Waals surface area contributed by atoms with Gasteiger partial charge in [-0.2, -0.15) is 4.31 Å². The standard InChI is InChI=1S/C20H31N3O2S2/c1-15-8-4-5-9-18(15)21-20(26)22-19-14-17(11-10-16(19)2)27(24,25)23-12-6-3-7-13-23/h10-11,14-15,18H,3-9,12-13H2,1-2H3,(H2,21,22,26)/t15-,18+/m1/s1. The van der Waals surface area contributed by atoms with E-state index >= 15 is 0 Å². The minimum Gasteiger partial charge on any atom is -0.359 e. The Morgan fingerprint density at radius 3 is 2.52 bits per heavy atom. The molecule has 1 aromatic carbocycles. The molecule has 1 saturated carbocycles. The van der Waals surface area contributed by atoms with Gasteiger partial charge >= 0.3 is 0 Å². The van der Waals surface area contributed by atoms with Gasteiger partial charge in [0.2, 0.25) is 10.0 Å². The van der Waals surface area contributed by atoms with Crippen LogP contribution in [0.4, 0.5) is 5.69 Å². The number of hydrogen-bond acceptors (Lipinski definition) is 3. The van der Waals surface area contributed by atoms with Crippen LogP contribution in [0.5, 0.6) is 0 Å². The average molecular weight is 410 g/mol. The van der Waals surface area contributed by atoms with Gasteiger partial charge in [0, 0.05) is 24.8 Å². The predicted octanol–water partition coefficient (Wildman–Crippen LogP) is 4.03. The molecule has 1 heterocycles. The van der Waals surface area contributed by atoms with Gasteiger partial charge in [0.15, 0.2) is 5.11 Å². The van der Waals surface area contributed by atoms with Crippen LogP contribution in [0.1, 0.15) is 57.4 Å². The second-order valence-corrected chi connectivity index (χ2v) is 10.3. The topological polar surface area (TPSA) is 61.4 Å². The van der Waals surface area contributed by atoms with E-state index in [0.29, 0.717) is 35.1 Å². The molecule has 0 amide bonds. The maximum absolute atomic E-state index is 12.9. The summed E-state index contributed by atoms with van der Waals surface area (Å²) >= 11 is 5.51.